The van der Waals surface area contributed by atoms with Crippen LogP contribution in [0.25, 0.3) is 0 Å². The molecule has 1 heterocycles. The molecule has 6 atom stereocenters. The number of aliphatic hydroxyl groups excluding tert-OH is 4. The number of hydrogen-bond acceptors (Lipinski definition) is 9. The lowest BCUT2D eigenvalue weighted by Crippen LogP contribution is -2.59. The number of ether oxygens (including phenoxy) is 4. The predicted octanol–water partition coefficient (Wildman–Crippen LogP) is 5.74. The van der Waals surface area contributed by atoms with Crippen molar-refractivity contribution in [2.75, 3.05) is 26.4 Å². The van der Waals surface area contributed by atoms with E-state index in [0.29, 0.717) is 13.0 Å². The van der Waals surface area contributed by atoms with E-state index < -0.39 is 43.4 Å². The molecule has 4 N–H and O–H groups in total. The smallest absolute Gasteiger partial charge is 0.306 e. The van der Waals surface area contributed by atoms with Gasteiger partial charge in [-0.3, -0.25) is 4.79 Å². The zero-order valence-corrected chi connectivity index (χ0v) is 27.2. The Balaban J connectivity index is 2.39. The summed E-state index contributed by atoms with van der Waals surface area (Å²) >= 11 is 0. The zero-order valence-electron chi connectivity index (χ0n) is 27.2. The Morgan fingerprint density at radius 3 is 1.95 bits per heavy atom. The molecule has 0 radical (unpaired) electrons. The number of rotatable bonds is 28. The van der Waals surface area contributed by atoms with Gasteiger partial charge in [-0.1, -0.05) is 109 Å². The minimum atomic E-state index is -1.53. The van der Waals surface area contributed by atoms with Crippen molar-refractivity contribution in [3.05, 3.63) is 12.2 Å². The molecule has 9 heteroatoms. The molecule has 1 rings (SSSR count). The van der Waals surface area contributed by atoms with Crippen LogP contribution in [0.3, 0.4) is 0 Å². The molecule has 0 aliphatic carbocycles. The van der Waals surface area contributed by atoms with Gasteiger partial charge in [-0.25, -0.2) is 0 Å². The van der Waals surface area contributed by atoms with E-state index in [1.54, 1.807) is 0 Å². The molecule has 6 unspecified atom stereocenters. The maximum Gasteiger partial charge on any atom is 0.306 e. The lowest BCUT2D eigenvalue weighted by atomic mass is 9.99. The van der Waals surface area contributed by atoms with Gasteiger partial charge in [0, 0.05) is 13.0 Å². The third kappa shape index (κ3) is 19.8. The van der Waals surface area contributed by atoms with Crippen molar-refractivity contribution < 1.29 is 44.2 Å². The Morgan fingerprint density at radius 1 is 0.721 bits per heavy atom. The van der Waals surface area contributed by atoms with Gasteiger partial charge in [-0.05, 0) is 32.1 Å². The first-order valence-corrected chi connectivity index (χ1v) is 17.3. The zero-order chi connectivity index (χ0) is 31.5. The highest BCUT2D eigenvalue weighted by Gasteiger charge is 2.44. The second-order valence-corrected chi connectivity index (χ2v) is 12.0. The summed E-state index contributed by atoms with van der Waals surface area (Å²) in [6.07, 6.45) is 18.1. The number of hydrogen-bond donors (Lipinski definition) is 4. The van der Waals surface area contributed by atoms with E-state index in [1.165, 1.54) is 64.2 Å². The van der Waals surface area contributed by atoms with E-state index in [4.69, 9.17) is 18.9 Å². The highest BCUT2D eigenvalue weighted by molar-refractivity contribution is 5.69. The maximum absolute atomic E-state index is 12.6. The fraction of sp³-hybridized carbons (Fsp3) is 0.912. The first kappa shape index (κ1) is 40.0. The Kier molecular flexibility index (Phi) is 25.3. The quantitative estimate of drug-likeness (QED) is 0.0493. The largest absolute Gasteiger partial charge is 0.457 e. The fourth-order valence-electron chi connectivity index (χ4n) is 5.12. The van der Waals surface area contributed by atoms with Crippen molar-refractivity contribution in [1.82, 2.24) is 0 Å². The number of carbonyl (C=O) groups is 1. The highest BCUT2D eigenvalue weighted by Crippen LogP contribution is 2.22. The summed E-state index contributed by atoms with van der Waals surface area (Å²) in [6, 6.07) is 0. The van der Waals surface area contributed by atoms with E-state index in [-0.39, 0.29) is 19.2 Å². The second-order valence-electron chi connectivity index (χ2n) is 12.0. The molecule has 0 aromatic carbocycles. The van der Waals surface area contributed by atoms with Gasteiger partial charge in [-0.2, -0.15) is 0 Å². The number of aliphatic hydroxyl groups is 4. The van der Waals surface area contributed by atoms with Gasteiger partial charge in [0.15, 0.2) is 6.29 Å². The van der Waals surface area contributed by atoms with Gasteiger partial charge < -0.3 is 39.4 Å². The summed E-state index contributed by atoms with van der Waals surface area (Å²) in [7, 11) is 0. The fourth-order valence-corrected chi connectivity index (χ4v) is 5.12. The lowest BCUT2D eigenvalue weighted by molar-refractivity contribution is -0.305. The molecule has 0 amide bonds. The van der Waals surface area contributed by atoms with Crippen LogP contribution in [-0.2, 0) is 23.7 Å². The summed E-state index contributed by atoms with van der Waals surface area (Å²) in [5.41, 5.74) is 0. The van der Waals surface area contributed by atoms with E-state index in [9.17, 15) is 25.2 Å². The lowest BCUT2D eigenvalue weighted by Gasteiger charge is -2.39. The molecule has 1 fully saturated rings. The summed E-state index contributed by atoms with van der Waals surface area (Å²) in [6.45, 7) is 4.47. The standard InChI is InChI=1S/C34H64O9/c1-3-5-7-9-11-13-14-15-17-19-21-23-30(36)42-28(26-40-24-22-20-18-16-12-10-8-6-4-2)27-41-34-33(39)32(38)31(37)29(25-35)43-34/h9,11,28-29,31-35,37-39H,3-8,10,12-27H2,1-2H3/b11-9-. The van der Waals surface area contributed by atoms with Gasteiger partial charge in [0.2, 0.25) is 0 Å². The molecule has 1 aliphatic heterocycles. The minimum Gasteiger partial charge on any atom is -0.457 e. The van der Waals surface area contributed by atoms with Crippen molar-refractivity contribution >= 4 is 5.97 Å². The summed E-state index contributed by atoms with van der Waals surface area (Å²) in [5.74, 6) is -0.326. The van der Waals surface area contributed by atoms with Gasteiger partial charge in [0.1, 0.15) is 30.5 Å². The monoisotopic (exact) mass is 616 g/mol. The van der Waals surface area contributed by atoms with Crippen molar-refractivity contribution in [3.63, 3.8) is 0 Å². The molecular formula is C34H64O9. The van der Waals surface area contributed by atoms with Crippen molar-refractivity contribution in [1.29, 1.82) is 0 Å². The molecule has 1 aliphatic rings. The number of unbranched alkanes of at least 4 members (excludes halogenated alkanes) is 15. The number of allylic oxidation sites excluding steroid dienone is 2. The molecule has 43 heavy (non-hydrogen) atoms. The average molecular weight is 617 g/mol. The molecule has 1 saturated heterocycles. The third-order valence-corrected chi connectivity index (χ3v) is 7.93. The minimum absolute atomic E-state index is 0.113. The Hall–Kier alpha value is -1.07. The Labute approximate surface area is 261 Å². The van der Waals surface area contributed by atoms with Crippen LogP contribution in [0.1, 0.15) is 136 Å². The molecule has 254 valence electrons. The van der Waals surface area contributed by atoms with Gasteiger partial charge in [0.25, 0.3) is 0 Å². The Bertz CT molecular complexity index is 672. The van der Waals surface area contributed by atoms with Crippen LogP contribution in [0.2, 0.25) is 0 Å². The van der Waals surface area contributed by atoms with Crippen LogP contribution in [0.15, 0.2) is 12.2 Å². The first-order chi connectivity index (χ1) is 20.9. The normalized spacial score (nSPS) is 23.2. The molecule has 0 saturated carbocycles. The summed E-state index contributed by atoms with van der Waals surface area (Å²) in [5, 5.41) is 39.7. The van der Waals surface area contributed by atoms with Crippen molar-refractivity contribution in [2.24, 2.45) is 0 Å². The first-order valence-electron chi connectivity index (χ1n) is 17.3. The van der Waals surface area contributed by atoms with Crippen molar-refractivity contribution in [3.8, 4) is 0 Å². The predicted molar refractivity (Wildman–Crippen MR) is 169 cm³/mol. The van der Waals surface area contributed by atoms with Crippen LogP contribution in [-0.4, -0.2) is 89.6 Å². The molecule has 9 nitrogen and oxygen atoms in total. The average Bonchev–Trinajstić information content (AvgIpc) is 3.00. The van der Waals surface area contributed by atoms with Gasteiger partial charge in [0.05, 0.1) is 19.8 Å². The van der Waals surface area contributed by atoms with Crippen LogP contribution < -0.4 is 0 Å². The van der Waals surface area contributed by atoms with Crippen LogP contribution in [0.4, 0.5) is 0 Å². The molecule has 0 aromatic rings. The van der Waals surface area contributed by atoms with E-state index in [0.717, 1.165) is 51.4 Å². The van der Waals surface area contributed by atoms with Crippen LogP contribution in [0.5, 0.6) is 0 Å². The molecule has 0 aromatic heterocycles. The number of carbonyl (C=O) groups excluding carboxylic acids is 1. The third-order valence-electron chi connectivity index (χ3n) is 7.93. The molecule has 0 spiro atoms. The Morgan fingerprint density at radius 2 is 1.30 bits per heavy atom. The van der Waals surface area contributed by atoms with E-state index in [2.05, 4.69) is 26.0 Å². The van der Waals surface area contributed by atoms with Crippen LogP contribution >= 0.6 is 0 Å². The second kappa shape index (κ2) is 27.3. The molecular weight excluding hydrogens is 552 g/mol. The van der Waals surface area contributed by atoms with E-state index >= 15 is 0 Å². The SMILES string of the molecule is CCCC/C=C\CCCCCCCC(=O)OC(COCCCCCCCCCCC)COC1OC(CO)C(O)C(O)C1O. The maximum atomic E-state index is 12.6. The van der Waals surface area contributed by atoms with Gasteiger partial charge in [-0.15, -0.1) is 0 Å². The summed E-state index contributed by atoms with van der Waals surface area (Å²) < 4.78 is 22.6. The number of esters is 1. The summed E-state index contributed by atoms with van der Waals surface area (Å²) in [4.78, 5) is 12.6. The topological polar surface area (TPSA) is 135 Å². The molecule has 0 bridgehead atoms. The highest BCUT2D eigenvalue weighted by atomic mass is 16.7. The van der Waals surface area contributed by atoms with Crippen LogP contribution in [0, 0.1) is 0 Å². The van der Waals surface area contributed by atoms with E-state index in [1.807, 2.05) is 0 Å². The van der Waals surface area contributed by atoms with Crippen molar-refractivity contribution in [2.45, 2.75) is 173 Å². The van der Waals surface area contributed by atoms with Gasteiger partial charge >= 0.3 is 5.97 Å².